The SMILES string of the molecule is COc1ccc(C2=C3NC(=NCC(F)(F)F)N=CC3CN(c3cnoc3)C2=O)cc1. The van der Waals surface area contributed by atoms with Gasteiger partial charge in [-0.25, -0.2) is 9.98 Å². The Morgan fingerprint density at radius 1 is 1.33 bits per heavy atom. The van der Waals surface area contributed by atoms with Crippen molar-refractivity contribution in [1.29, 1.82) is 0 Å². The average molecular weight is 419 g/mol. The van der Waals surface area contributed by atoms with E-state index in [1.54, 1.807) is 24.3 Å². The van der Waals surface area contributed by atoms with Crippen LogP contribution in [0.15, 0.2) is 56.9 Å². The molecule has 0 bridgehead atoms. The number of hydrogen-bond donors (Lipinski definition) is 1. The molecule has 2 aromatic rings. The van der Waals surface area contributed by atoms with Crippen LogP contribution in [0.4, 0.5) is 18.9 Å². The van der Waals surface area contributed by atoms with Crippen LogP contribution < -0.4 is 15.0 Å². The maximum absolute atomic E-state index is 13.3. The second-order valence-electron chi connectivity index (χ2n) is 6.58. The van der Waals surface area contributed by atoms with Gasteiger partial charge in [-0.2, -0.15) is 13.2 Å². The third-order valence-electron chi connectivity index (χ3n) is 4.62. The van der Waals surface area contributed by atoms with Gasteiger partial charge in [0.2, 0.25) is 5.96 Å². The molecule has 0 fully saturated rings. The van der Waals surface area contributed by atoms with Crippen molar-refractivity contribution in [2.45, 2.75) is 6.18 Å². The molecule has 0 aliphatic carbocycles. The van der Waals surface area contributed by atoms with Crippen LogP contribution in [0.5, 0.6) is 5.75 Å². The van der Waals surface area contributed by atoms with E-state index in [9.17, 15) is 18.0 Å². The Kier molecular flexibility index (Phi) is 5.02. The molecule has 0 saturated heterocycles. The first kappa shape index (κ1) is 19.7. The first-order chi connectivity index (χ1) is 14.4. The number of halogens is 3. The summed E-state index contributed by atoms with van der Waals surface area (Å²) in [6, 6.07) is 6.79. The zero-order valence-electron chi connectivity index (χ0n) is 15.7. The van der Waals surface area contributed by atoms with Crippen LogP contribution in [0.3, 0.4) is 0 Å². The van der Waals surface area contributed by atoms with Crippen molar-refractivity contribution in [3.8, 4) is 5.75 Å². The fourth-order valence-electron chi connectivity index (χ4n) is 3.23. The number of nitrogens with zero attached hydrogens (tertiary/aromatic N) is 4. The highest BCUT2D eigenvalue weighted by molar-refractivity contribution is 6.29. The van der Waals surface area contributed by atoms with Gasteiger partial charge in [0.05, 0.1) is 24.8 Å². The summed E-state index contributed by atoms with van der Waals surface area (Å²) in [6.07, 6.45) is -0.213. The minimum atomic E-state index is -4.46. The number of guanidine groups is 1. The summed E-state index contributed by atoms with van der Waals surface area (Å²) in [5.74, 6) is -0.325. The topological polar surface area (TPSA) is 92.3 Å². The molecule has 1 atom stereocenters. The fourth-order valence-corrected chi connectivity index (χ4v) is 3.23. The van der Waals surface area contributed by atoms with E-state index in [1.165, 1.54) is 30.7 Å². The molecule has 4 rings (SSSR count). The number of anilines is 1. The summed E-state index contributed by atoms with van der Waals surface area (Å²) < 4.78 is 47.6. The minimum absolute atomic E-state index is 0.198. The Morgan fingerprint density at radius 3 is 2.73 bits per heavy atom. The van der Waals surface area contributed by atoms with E-state index in [4.69, 9.17) is 9.26 Å². The van der Waals surface area contributed by atoms with Crippen LogP contribution in [-0.2, 0) is 4.79 Å². The van der Waals surface area contributed by atoms with Crippen LogP contribution in [0.1, 0.15) is 5.56 Å². The molecule has 2 aliphatic rings. The predicted molar refractivity (Wildman–Crippen MR) is 102 cm³/mol. The maximum atomic E-state index is 13.3. The lowest BCUT2D eigenvalue weighted by Gasteiger charge is -2.35. The number of ether oxygens (including phenoxy) is 1. The number of rotatable bonds is 4. The number of hydrogen-bond acceptors (Lipinski definition) is 5. The number of aromatic nitrogens is 1. The molecule has 30 heavy (non-hydrogen) atoms. The van der Waals surface area contributed by atoms with Crippen molar-refractivity contribution in [2.75, 3.05) is 25.1 Å². The maximum Gasteiger partial charge on any atom is 0.408 e. The smallest absolute Gasteiger partial charge is 0.408 e. The van der Waals surface area contributed by atoms with E-state index >= 15 is 0 Å². The van der Waals surface area contributed by atoms with Crippen LogP contribution in [-0.4, -0.2) is 49.6 Å². The number of alkyl halides is 3. The highest BCUT2D eigenvalue weighted by Crippen LogP contribution is 2.34. The average Bonchev–Trinajstić information content (AvgIpc) is 3.26. The van der Waals surface area contributed by atoms with Gasteiger partial charge in [0.15, 0.2) is 0 Å². The molecule has 1 aromatic heterocycles. The van der Waals surface area contributed by atoms with Crippen molar-refractivity contribution in [2.24, 2.45) is 15.9 Å². The van der Waals surface area contributed by atoms with Gasteiger partial charge >= 0.3 is 6.18 Å². The summed E-state index contributed by atoms with van der Waals surface area (Å²) in [5, 5.41) is 6.45. The Balaban J connectivity index is 1.77. The summed E-state index contributed by atoms with van der Waals surface area (Å²) in [6.45, 7) is -1.15. The first-order valence-corrected chi connectivity index (χ1v) is 8.88. The molecular weight excluding hydrogens is 403 g/mol. The van der Waals surface area contributed by atoms with Crippen LogP contribution in [0.2, 0.25) is 0 Å². The Labute approximate surface area is 168 Å². The van der Waals surface area contributed by atoms with Gasteiger partial charge < -0.3 is 19.5 Å². The molecule has 1 N–H and O–H groups in total. The Morgan fingerprint density at radius 2 is 2.10 bits per heavy atom. The summed E-state index contributed by atoms with van der Waals surface area (Å²) in [4.78, 5) is 22.3. The molecule has 1 unspecified atom stereocenters. The monoisotopic (exact) mass is 419 g/mol. The van der Waals surface area contributed by atoms with E-state index in [2.05, 4.69) is 20.5 Å². The van der Waals surface area contributed by atoms with Gasteiger partial charge in [0, 0.05) is 18.5 Å². The third-order valence-corrected chi connectivity index (χ3v) is 4.62. The van der Waals surface area contributed by atoms with Gasteiger partial charge in [-0.3, -0.25) is 4.79 Å². The number of aliphatic imine (C=N–C) groups is 2. The summed E-state index contributed by atoms with van der Waals surface area (Å²) in [5.41, 5.74) is 1.77. The number of amides is 1. The molecule has 8 nitrogen and oxygen atoms in total. The Hall–Kier alpha value is -3.63. The lowest BCUT2D eigenvalue weighted by atomic mass is 9.90. The van der Waals surface area contributed by atoms with E-state index in [0.29, 0.717) is 28.3 Å². The molecule has 0 radical (unpaired) electrons. The first-order valence-electron chi connectivity index (χ1n) is 8.88. The molecular formula is C19H16F3N5O3. The number of benzene rings is 1. The zero-order chi connectivity index (χ0) is 21.3. The number of fused-ring (bicyclic) bond motifs is 1. The van der Waals surface area contributed by atoms with Crippen molar-refractivity contribution in [1.82, 2.24) is 10.5 Å². The van der Waals surface area contributed by atoms with E-state index in [1.807, 2.05) is 0 Å². The second-order valence-corrected chi connectivity index (χ2v) is 6.58. The van der Waals surface area contributed by atoms with Crippen LogP contribution in [0, 0.1) is 5.92 Å². The fraction of sp³-hybridized carbons (Fsp3) is 0.263. The largest absolute Gasteiger partial charge is 0.497 e. The molecule has 3 heterocycles. The summed E-state index contributed by atoms with van der Waals surface area (Å²) >= 11 is 0. The number of carbonyl (C=O) groups excluding carboxylic acids is 1. The standard InChI is InChI=1S/C19H16F3N5O3/c1-29-14-4-2-11(3-5-14)15-16-12(6-23-18(26-16)24-10-19(20,21)22)8-27(17(15)28)13-7-25-30-9-13/h2-7,9,12H,8,10H2,1H3,(H,24,26). The van der Waals surface area contributed by atoms with E-state index < -0.39 is 12.7 Å². The number of methoxy groups -OCH3 is 1. The highest BCUT2D eigenvalue weighted by atomic mass is 19.4. The molecule has 1 amide bonds. The van der Waals surface area contributed by atoms with Gasteiger partial charge in [0.1, 0.15) is 24.2 Å². The molecule has 1 aromatic carbocycles. The second kappa shape index (κ2) is 7.65. The molecule has 156 valence electrons. The lowest BCUT2D eigenvalue weighted by molar-refractivity contribution is -0.118. The van der Waals surface area contributed by atoms with E-state index in [0.717, 1.165) is 0 Å². The quantitative estimate of drug-likeness (QED) is 0.823. The Bertz CT molecular complexity index is 1030. The van der Waals surface area contributed by atoms with Crippen molar-refractivity contribution in [3.05, 3.63) is 48.0 Å². The normalized spacial score (nSPS) is 20.4. The van der Waals surface area contributed by atoms with Crippen molar-refractivity contribution >= 4 is 29.3 Å². The predicted octanol–water partition coefficient (Wildman–Crippen LogP) is 2.65. The number of nitrogens with one attached hydrogen (secondary N) is 1. The van der Waals surface area contributed by atoms with Gasteiger partial charge in [-0.15, -0.1) is 0 Å². The van der Waals surface area contributed by atoms with Crippen molar-refractivity contribution < 1.29 is 27.2 Å². The third kappa shape index (κ3) is 3.91. The van der Waals surface area contributed by atoms with Crippen LogP contribution >= 0.6 is 0 Å². The lowest BCUT2D eigenvalue weighted by Crippen LogP contribution is -2.47. The van der Waals surface area contributed by atoms with Gasteiger partial charge in [-0.1, -0.05) is 17.3 Å². The highest BCUT2D eigenvalue weighted by Gasteiger charge is 2.37. The molecule has 2 aliphatic heterocycles. The van der Waals surface area contributed by atoms with Gasteiger partial charge in [-0.05, 0) is 17.7 Å². The van der Waals surface area contributed by atoms with E-state index in [-0.39, 0.29) is 24.3 Å². The molecule has 0 spiro atoms. The summed E-state index contributed by atoms with van der Waals surface area (Å²) in [7, 11) is 1.52. The van der Waals surface area contributed by atoms with Crippen LogP contribution in [0.25, 0.3) is 5.57 Å². The zero-order valence-corrected chi connectivity index (χ0v) is 15.7. The van der Waals surface area contributed by atoms with Crippen molar-refractivity contribution in [3.63, 3.8) is 0 Å². The molecule has 11 heteroatoms. The minimum Gasteiger partial charge on any atom is -0.497 e. The number of carbonyl (C=O) groups is 1. The molecule has 0 saturated carbocycles. The van der Waals surface area contributed by atoms with Gasteiger partial charge in [0.25, 0.3) is 5.91 Å².